The lowest BCUT2D eigenvalue weighted by Gasteiger charge is -2.24. The van der Waals surface area contributed by atoms with Crippen molar-refractivity contribution in [2.24, 2.45) is 0 Å². The van der Waals surface area contributed by atoms with Crippen molar-refractivity contribution in [3.8, 4) is 5.06 Å². The lowest BCUT2D eigenvalue weighted by atomic mass is 10.2. The Morgan fingerprint density at radius 1 is 1.14 bits per heavy atom. The summed E-state index contributed by atoms with van der Waals surface area (Å²) in [5.41, 5.74) is 0. The lowest BCUT2D eigenvalue weighted by molar-refractivity contribution is 0.491. The standard InChI is InChI=1S/C16H20OS3Si/c1-9(2)19-15-10-6-7-18-13(10)14-11(8-12(17)20-14)16(15)21(3,4)5/h6-9,17H,1-5H3. The van der Waals surface area contributed by atoms with E-state index < -0.39 is 8.07 Å². The largest absolute Gasteiger partial charge is 0.499 e. The first kappa shape index (κ1) is 15.4. The normalized spacial score (nSPS) is 12.9. The molecule has 1 aromatic carbocycles. The molecule has 112 valence electrons. The van der Waals surface area contributed by atoms with Gasteiger partial charge in [-0.15, -0.1) is 23.1 Å². The molecular formula is C16H20OS3Si. The molecule has 0 spiro atoms. The molecule has 0 aliphatic heterocycles. The average molecular weight is 353 g/mol. The first-order valence-electron chi connectivity index (χ1n) is 7.12. The lowest BCUT2D eigenvalue weighted by Crippen LogP contribution is -2.39. The molecule has 0 aliphatic carbocycles. The SMILES string of the molecule is CC(C)Sc1c([Si](C)(C)C)c2cc(O)sc2c2sccc12. The number of fused-ring (bicyclic) bond motifs is 3. The number of benzene rings is 1. The molecule has 1 nitrogen and oxygen atoms in total. The van der Waals surface area contributed by atoms with Crippen molar-refractivity contribution in [1.29, 1.82) is 0 Å². The zero-order valence-electron chi connectivity index (χ0n) is 13.0. The Kier molecular flexibility index (Phi) is 3.89. The average Bonchev–Trinajstić information content (AvgIpc) is 2.91. The Balaban J connectivity index is 2.51. The summed E-state index contributed by atoms with van der Waals surface area (Å²) < 4.78 is 2.60. The minimum absolute atomic E-state index is 0.436. The van der Waals surface area contributed by atoms with E-state index in [2.05, 4.69) is 44.9 Å². The smallest absolute Gasteiger partial charge is 0.172 e. The minimum Gasteiger partial charge on any atom is -0.499 e. The van der Waals surface area contributed by atoms with Crippen LogP contribution in [0.5, 0.6) is 5.06 Å². The summed E-state index contributed by atoms with van der Waals surface area (Å²) in [6, 6.07) is 4.24. The fourth-order valence-electron chi connectivity index (χ4n) is 2.76. The van der Waals surface area contributed by atoms with Crippen molar-refractivity contribution in [1.82, 2.24) is 0 Å². The summed E-state index contributed by atoms with van der Waals surface area (Å²) >= 11 is 5.29. The maximum absolute atomic E-state index is 10.0. The Hall–Kier alpha value is -0.493. The number of thioether (sulfide) groups is 1. The zero-order chi connectivity index (χ0) is 15.4. The van der Waals surface area contributed by atoms with Gasteiger partial charge in [0.15, 0.2) is 5.06 Å². The Morgan fingerprint density at radius 2 is 1.86 bits per heavy atom. The molecule has 3 aromatic rings. The van der Waals surface area contributed by atoms with Crippen LogP contribution in [-0.2, 0) is 0 Å². The van der Waals surface area contributed by atoms with Crippen molar-refractivity contribution in [3.05, 3.63) is 17.5 Å². The van der Waals surface area contributed by atoms with Crippen LogP contribution in [0.4, 0.5) is 0 Å². The van der Waals surface area contributed by atoms with Crippen molar-refractivity contribution in [2.75, 3.05) is 0 Å². The number of hydrogen-bond acceptors (Lipinski definition) is 4. The number of thiophene rings is 2. The first-order valence-corrected chi connectivity index (χ1v) is 13.2. The highest BCUT2D eigenvalue weighted by atomic mass is 32.2. The summed E-state index contributed by atoms with van der Waals surface area (Å²) in [5, 5.41) is 17.4. The van der Waals surface area contributed by atoms with Crippen LogP contribution in [0.2, 0.25) is 19.6 Å². The Morgan fingerprint density at radius 3 is 2.48 bits per heavy atom. The Bertz CT molecular complexity index is 808. The molecule has 0 aliphatic rings. The van der Waals surface area contributed by atoms with Gasteiger partial charge in [0.25, 0.3) is 0 Å². The number of hydrogen-bond donors (Lipinski definition) is 1. The molecule has 0 atom stereocenters. The first-order chi connectivity index (χ1) is 9.79. The third kappa shape index (κ3) is 2.65. The molecule has 3 rings (SSSR count). The minimum atomic E-state index is -1.51. The van der Waals surface area contributed by atoms with E-state index in [9.17, 15) is 5.11 Å². The highest BCUT2D eigenvalue weighted by molar-refractivity contribution is 8.00. The van der Waals surface area contributed by atoms with E-state index in [1.807, 2.05) is 17.8 Å². The van der Waals surface area contributed by atoms with E-state index in [0.717, 1.165) is 0 Å². The van der Waals surface area contributed by atoms with Gasteiger partial charge in [0.05, 0.1) is 17.5 Å². The molecule has 0 radical (unpaired) electrons. The van der Waals surface area contributed by atoms with Crippen LogP contribution in [0.3, 0.4) is 0 Å². The van der Waals surface area contributed by atoms with E-state index in [0.29, 0.717) is 10.3 Å². The second-order valence-electron chi connectivity index (χ2n) is 6.61. The highest BCUT2D eigenvalue weighted by Crippen LogP contribution is 2.43. The van der Waals surface area contributed by atoms with Crippen LogP contribution in [0.15, 0.2) is 22.4 Å². The van der Waals surface area contributed by atoms with Gasteiger partial charge >= 0.3 is 0 Å². The third-order valence-electron chi connectivity index (χ3n) is 3.44. The van der Waals surface area contributed by atoms with Gasteiger partial charge in [-0.25, -0.2) is 0 Å². The van der Waals surface area contributed by atoms with Crippen LogP contribution in [-0.4, -0.2) is 18.4 Å². The monoisotopic (exact) mass is 352 g/mol. The predicted octanol–water partition coefficient (Wildman–Crippen LogP) is 5.87. The van der Waals surface area contributed by atoms with Crippen LogP contribution in [0.25, 0.3) is 20.2 Å². The molecule has 0 amide bonds. The van der Waals surface area contributed by atoms with Crippen molar-refractivity contribution >= 4 is 67.9 Å². The summed E-state index contributed by atoms with van der Waals surface area (Å²) in [6.07, 6.45) is 0. The third-order valence-corrected chi connectivity index (χ3v) is 8.78. The van der Waals surface area contributed by atoms with E-state index in [4.69, 9.17) is 0 Å². The molecule has 0 unspecified atom stereocenters. The Labute approximate surface area is 139 Å². The van der Waals surface area contributed by atoms with Gasteiger partial charge < -0.3 is 5.11 Å². The molecule has 0 saturated carbocycles. The van der Waals surface area contributed by atoms with Crippen LogP contribution in [0, 0.1) is 0 Å². The van der Waals surface area contributed by atoms with Gasteiger partial charge in [-0.1, -0.05) is 44.8 Å². The van der Waals surface area contributed by atoms with Crippen LogP contribution >= 0.6 is 34.4 Å². The molecule has 21 heavy (non-hydrogen) atoms. The molecule has 2 heterocycles. The number of aromatic hydroxyl groups is 1. The molecule has 0 fully saturated rings. The topological polar surface area (TPSA) is 20.2 Å². The van der Waals surface area contributed by atoms with Crippen LogP contribution < -0.4 is 5.19 Å². The summed E-state index contributed by atoms with van der Waals surface area (Å²) in [6.45, 7) is 11.7. The van der Waals surface area contributed by atoms with E-state index in [1.165, 1.54) is 41.6 Å². The summed E-state index contributed by atoms with van der Waals surface area (Å²) in [4.78, 5) is 1.45. The zero-order valence-corrected chi connectivity index (χ0v) is 16.4. The van der Waals surface area contributed by atoms with E-state index in [1.54, 1.807) is 11.3 Å². The van der Waals surface area contributed by atoms with Gasteiger partial charge in [0, 0.05) is 15.5 Å². The second kappa shape index (κ2) is 5.30. The van der Waals surface area contributed by atoms with Crippen LogP contribution in [0.1, 0.15) is 13.8 Å². The van der Waals surface area contributed by atoms with Gasteiger partial charge in [-0.3, -0.25) is 0 Å². The molecule has 5 heteroatoms. The van der Waals surface area contributed by atoms with E-state index >= 15 is 0 Å². The summed E-state index contributed by atoms with van der Waals surface area (Å²) in [5.74, 6) is 0. The highest BCUT2D eigenvalue weighted by Gasteiger charge is 2.28. The molecule has 2 aromatic heterocycles. The quantitative estimate of drug-likeness (QED) is 0.470. The number of rotatable bonds is 3. The maximum Gasteiger partial charge on any atom is 0.172 e. The van der Waals surface area contributed by atoms with E-state index in [-0.39, 0.29) is 0 Å². The fourth-order valence-corrected chi connectivity index (χ4v) is 8.81. The van der Waals surface area contributed by atoms with Crippen molar-refractivity contribution in [2.45, 2.75) is 43.6 Å². The molecule has 1 N–H and O–H groups in total. The van der Waals surface area contributed by atoms with Gasteiger partial charge in [-0.05, 0) is 28.1 Å². The molecular weight excluding hydrogens is 332 g/mol. The molecule has 0 saturated heterocycles. The van der Waals surface area contributed by atoms with Gasteiger partial charge in [0.2, 0.25) is 0 Å². The van der Waals surface area contributed by atoms with Gasteiger partial charge in [-0.2, -0.15) is 0 Å². The molecule has 0 bridgehead atoms. The fraction of sp³-hybridized carbons (Fsp3) is 0.375. The predicted molar refractivity (Wildman–Crippen MR) is 103 cm³/mol. The van der Waals surface area contributed by atoms with Crippen molar-refractivity contribution < 1.29 is 5.11 Å². The summed E-state index contributed by atoms with van der Waals surface area (Å²) in [7, 11) is -1.51. The van der Waals surface area contributed by atoms with Gasteiger partial charge in [0.1, 0.15) is 0 Å². The van der Waals surface area contributed by atoms with Crippen molar-refractivity contribution in [3.63, 3.8) is 0 Å². The maximum atomic E-state index is 10.0. The second-order valence-corrected chi connectivity index (χ2v) is 15.1.